The summed E-state index contributed by atoms with van der Waals surface area (Å²) in [5.74, 6) is -1.08. The first-order valence-corrected chi connectivity index (χ1v) is 10.3. The van der Waals surface area contributed by atoms with E-state index in [1.54, 1.807) is 12.1 Å². The number of ether oxygens (including phenoxy) is 1. The van der Waals surface area contributed by atoms with Crippen molar-refractivity contribution in [1.29, 1.82) is 0 Å². The number of sulfonamides is 1. The number of fused-ring (bicyclic) bond motifs is 1. The molecule has 0 aromatic heterocycles. The summed E-state index contributed by atoms with van der Waals surface area (Å²) in [6.45, 7) is 2.91. The quantitative estimate of drug-likeness (QED) is 0.670. The van der Waals surface area contributed by atoms with Crippen LogP contribution in [0.2, 0.25) is 0 Å². The summed E-state index contributed by atoms with van der Waals surface area (Å²) in [5.41, 5.74) is 1.74. The molecule has 2 aromatic rings. The summed E-state index contributed by atoms with van der Waals surface area (Å²) in [6.07, 6.45) is 3.12. The van der Waals surface area contributed by atoms with E-state index in [0.29, 0.717) is 24.5 Å². The molecule has 27 heavy (non-hydrogen) atoms. The Balaban J connectivity index is 1.88. The van der Waals surface area contributed by atoms with Crippen molar-refractivity contribution in [3.05, 3.63) is 47.5 Å². The van der Waals surface area contributed by atoms with Crippen molar-refractivity contribution in [3.63, 3.8) is 0 Å². The molecule has 1 aliphatic rings. The maximum Gasteiger partial charge on any atom is 0.339 e. The molecule has 0 saturated carbocycles. The third-order valence-electron chi connectivity index (χ3n) is 4.29. The molecule has 7 nitrogen and oxygen atoms in total. The van der Waals surface area contributed by atoms with Crippen LogP contribution < -0.4 is 14.8 Å². The maximum atomic E-state index is 12.7. The minimum atomic E-state index is -3.94. The average molecular weight is 390 g/mol. The zero-order valence-corrected chi connectivity index (χ0v) is 15.8. The van der Waals surface area contributed by atoms with E-state index >= 15 is 0 Å². The number of carboxylic acid groups (broad SMARTS) is 1. The van der Waals surface area contributed by atoms with Gasteiger partial charge in [-0.3, -0.25) is 4.72 Å². The Kier molecular flexibility index (Phi) is 5.55. The highest BCUT2D eigenvalue weighted by Gasteiger charge is 2.25. The van der Waals surface area contributed by atoms with Gasteiger partial charge in [0.1, 0.15) is 12.2 Å². The summed E-state index contributed by atoms with van der Waals surface area (Å²) in [6, 6.07) is 9.70. The van der Waals surface area contributed by atoms with E-state index in [4.69, 9.17) is 4.74 Å². The van der Waals surface area contributed by atoms with Gasteiger partial charge in [0.15, 0.2) is 5.75 Å². The molecule has 3 rings (SSSR count). The standard InChI is InChI=1S/C19H22N2O5S/c1-2-3-4-13-5-7-14(8-6-13)21-27(24,25)15-11-16(19(22)23)18-17(12-15)20-9-10-26-18/h5-8,11-12,20-21H,2-4,9-10H2,1H3,(H,22,23). The first-order valence-electron chi connectivity index (χ1n) is 8.80. The first-order chi connectivity index (χ1) is 12.9. The Morgan fingerprint density at radius 3 is 2.67 bits per heavy atom. The highest BCUT2D eigenvalue weighted by atomic mass is 32.2. The number of aryl methyl sites for hydroxylation is 1. The molecule has 0 radical (unpaired) electrons. The van der Waals surface area contributed by atoms with E-state index in [1.165, 1.54) is 6.07 Å². The van der Waals surface area contributed by atoms with Gasteiger partial charge in [-0.2, -0.15) is 0 Å². The highest BCUT2D eigenvalue weighted by molar-refractivity contribution is 7.92. The lowest BCUT2D eigenvalue weighted by molar-refractivity contribution is 0.0692. The number of aromatic carboxylic acids is 1. The van der Waals surface area contributed by atoms with Gasteiger partial charge in [0.05, 0.1) is 10.6 Å². The van der Waals surface area contributed by atoms with Crippen molar-refractivity contribution in [2.75, 3.05) is 23.2 Å². The van der Waals surface area contributed by atoms with E-state index in [9.17, 15) is 18.3 Å². The van der Waals surface area contributed by atoms with Crippen LogP contribution >= 0.6 is 0 Å². The summed E-state index contributed by atoms with van der Waals surface area (Å²) in [4.78, 5) is 11.4. The third-order valence-corrected chi connectivity index (χ3v) is 5.65. The minimum Gasteiger partial charge on any atom is -0.489 e. The lowest BCUT2D eigenvalue weighted by Gasteiger charge is -2.22. The van der Waals surface area contributed by atoms with Crippen LogP contribution in [-0.2, 0) is 16.4 Å². The molecular weight excluding hydrogens is 368 g/mol. The summed E-state index contributed by atoms with van der Waals surface area (Å²) in [7, 11) is -3.94. The highest BCUT2D eigenvalue weighted by Crippen LogP contribution is 2.35. The normalized spacial score (nSPS) is 13.2. The zero-order valence-electron chi connectivity index (χ0n) is 15.0. The molecule has 1 aliphatic heterocycles. The Bertz CT molecular complexity index is 939. The molecule has 0 unspecified atom stereocenters. The van der Waals surface area contributed by atoms with Crippen LogP contribution in [0.5, 0.6) is 5.75 Å². The fraction of sp³-hybridized carbons (Fsp3) is 0.316. The Morgan fingerprint density at radius 2 is 2.00 bits per heavy atom. The molecule has 144 valence electrons. The maximum absolute atomic E-state index is 12.7. The second kappa shape index (κ2) is 7.87. The molecule has 8 heteroatoms. The first kappa shape index (κ1) is 19.0. The number of anilines is 2. The van der Waals surface area contributed by atoms with Gasteiger partial charge in [0.25, 0.3) is 10.0 Å². The van der Waals surface area contributed by atoms with Gasteiger partial charge in [0.2, 0.25) is 0 Å². The van der Waals surface area contributed by atoms with E-state index < -0.39 is 16.0 Å². The van der Waals surface area contributed by atoms with Crippen molar-refractivity contribution in [3.8, 4) is 5.75 Å². The van der Waals surface area contributed by atoms with E-state index in [-0.39, 0.29) is 16.2 Å². The van der Waals surface area contributed by atoms with Gasteiger partial charge >= 0.3 is 5.97 Å². The number of hydrogen-bond acceptors (Lipinski definition) is 5. The number of unbranched alkanes of at least 4 members (excludes halogenated alkanes) is 1. The fourth-order valence-electron chi connectivity index (χ4n) is 2.88. The number of carbonyl (C=O) groups is 1. The number of benzene rings is 2. The Morgan fingerprint density at radius 1 is 1.26 bits per heavy atom. The smallest absolute Gasteiger partial charge is 0.339 e. The molecule has 0 atom stereocenters. The van der Waals surface area contributed by atoms with Crippen LogP contribution in [0.15, 0.2) is 41.3 Å². The van der Waals surface area contributed by atoms with Crippen LogP contribution in [0.1, 0.15) is 35.7 Å². The van der Waals surface area contributed by atoms with Crippen molar-refractivity contribution in [2.24, 2.45) is 0 Å². The van der Waals surface area contributed by atoms with Crippen LogP contribution in [0.4, 0.5) is 11.4 Å². The van der Waals surface area contributed by atoms with Gasteiger partial charge in [0, 0.05) is 12.2 Å². The Hall–Kier alpha value is -2.74. The van der Waals surface area contributed by atoms with E-state index in [2.05, 4.69) is 17.0 Å². The predicted octanol–water partition coefficient (Wildman–Crippen LogP) is 3.33. The predicted molar refractivity (Wildman–Crippen MR) is 103 cm³/mol. The molecule has 0 saturated heterocycles. The van der Waals surface area contributed by atoms with Gasteiger partial charge < -0.3 is 15.2 Å². The molecular formula is C19H22N2O5S. The average Bonchev–Trinajstić information content (AvgIpc) is 2.66. The molecule has 0 fully saturated rings. The molecule has 0 aliphatic carbocycles. The van der Waals surface area contributed by atoms with Crippen molar-refractivity contribution in [1.82, 2.24) is 0 Å². The topological polar surface area (TPSA) is 105 Å². The number of hydrogen-bond donors (Lipinski definition) is 3. The van der Waals surface area contributed by atoms with E-state index in [0.717, 1.165) is 30.9 Å². The number of rotatable bonds is 7. The van der Waals surface area contributed by atoms with Crippen LogP contribution in [0, 0.1) is 0 Å². The fourth-order valence-corrected chi connectivity index (χ4v) is 3.99. The lowest BCUT2D eigenvalue weighted by atomic mass is 10.1. The molecule has 2 aromatic carbocycles. The molecule has 0 amide bonds. The van der Waals surface area contributed by atoms with Crippen molar-refractivity contribution in [2.45, 2.75) is 31.1 Å². The van der Waals surface area contributed by atoms with Crippen molar-refractivity contribution < 1.29 is 23.1 Å². The van der Waals surface area contributed by atoms with Gasteiger partial charge in [-0.1, -0.05) is 25.5 Å². The second-order valence-electron chi connectivity index (χ2n) is 6.33. The van der Waals surface area contributed by atoms with Crippen LogP contribution in [0.25, 0.3) is 0 Å². The molecule has 1 heterocycles. The van der Waals surface area contributed by atoms with Crippen LogP contribution in [0.3, 0.4) is 0 Å². The Labute approximate surface area is 158 Å². The lowest BCUT2D eigenvalue weighted by Crippen LogP contribution is -2.22. The van der Waals surface area contributed by atoms with Crippen LogP contribution in [-0.4, -0.2) is 32.6 Å². The second-order valence-corrected chi connectivity index (χ2v) is 8.02. The monoisotopic (exact) mass is 390 g/mol. The van der Waals surface area contributed by atoms with Crippen molar-refractivity contribution >= 4 is 27.4 Å². The van der Waals surface area contributed by atoms with Gasteiger partial charge in [-0.15, -0.1) is 0 Å². The number of nitrogens with one attached hydrogen (secondary N) is 2. The molecule has 0 spiro atoms. The summed E-state index contributed by atoms with van der Waals surface area (Å²) < 4.78 is 33.4. The third kappa shape index (κ3) is 4.33. The minimum absolute atomic E-state index is 0.133. The largest absolute Gasteiger partial charge is 0.489 e. The summed E-state index contributed by atoms with van der Waals surface area (Å²) in [5, 5.41) is 12.4. The van der Waals surface area contributed by atoms with Gasteiger partial charge in [-0.05, 0) is 42.7 Å². The summed E-state index contributed by atoms with van der Waals surface area (Å²) >= 11 is 0. The number of carboxylic acids is 1. The van der Waals surface area contributed by atoms with E-state index in [1.807, 2.05) is 12.1 Å². The zero-order chi connectivity index (χ0) is 19.4. The molecule has 3 N–H and O–H groups in total. The molecule has 0 bridgehead atoms. The van der Waals surface area contributed by atoms with Gasteiger partial charge in [-0.25, -0.2) is 13.2 Å². The SMILES string of the molecule is CCCCc1ccc(NS(=O)(=O)c2cc3c(c(C(=O)O)c2)OCCN3)cc1.